The topological polar surface area (TPSA) is 78.9 Å². The third kappa shape index (κ3) is 47.5. The molecule has 0 bridgehead atoms. The molecule has 6 nitrogen and oxygen atoms in total. The van der Waals surface area contributed by atoms with Gasteiger partial charge in [-0.15, -0.1) is 0 Å². The Morgan fingerprint density at radius 1 is 0.344 bits per heavy atom. The van der Waals surface area contributed by atoms with Gasteiger partial charge in [0, 0.05) is 19.3 Å². The molecule has 0 fully saturated rings. The number of esters is 3. The first-order chi connectivity index (χ1) is 30.0. The summed E-state index contributed by atoms with van der Waals surface area (Å²) in [6, 6.07) is 0. The zero-order valence-corrected chi connectivity index (χ0v) is 39.7. The third-order valence-electron chi connectivity index (χ3n) is 10.4. The van der Waals surface area contributed by atoms with Crippen molar-refractivity contribution in [2.24, 2.45) is 0 Å². The molecule has 0 aromatic rings. The first-order valence-corrected chi connectivity index (χ1v) is 25.1. The Balaban J connectivity index is 4.37. The maximum absolute atomic E-state index is 12.8. The third-order valence-corrected chi connectivity index (χ3v) is 10.4. The molecular formula is C55H92O6. The predicted molar refractivity (Wildman–Crippen MR) is 261 cm³/mol. The summed E-state index contributed by atoms with van der Waals surface area (Å²) in [5, 5.41) is 0. The van der Waals surface area contributed by atoms with Gasteiger partial charge in [0.2, 0.25) is 0 Å². The Morgan fingerprint density at radius 2 is 0.639 bits per heavy atom. The highest BCUT2D eigenvalue weighted by molar-refractivity contribution is 5.71. The van der Waals surface area contributed by atoms with Gasteiger partial charge in [0.05, 0.1) is 0 Å². The van der Waals surface area contributed by atoms with Crippen LogP contribution in [0.25, 0.3) is 0 Å². The summed E-state index contributed by atoms with van der Waals surface area (Å²) in [4.78, 5) is 37.8. The van der Waals surface area contributed by atoms with Gasteiger partial charge in [-0.2, -0.15) is 0 Å². The van der Waals surface area contributed by atoms with Crippen LogP contribution in [0.4, 0.5) is 0 Å². The molecule has 6 heteroatoms. The molecule has 1 unspecified atom stereocenters. The molecule has 0 rings (SSSR count). The Morgan fingerprint density at radius 3 is 1.05 bits per heavy atom. The molecule has 0 radical (unpaired) electrons. The zero-order valence-electron chi connectivity index (χ0n) is 39.7. The molecule has 0 aromatic carbocycles. The molecule has 0 N–H and O–H groups in total. The Labute approximate surface area is 375 Å². The minimum Gasteiger partial charge on any atom is -0.462 e. The number of carbonyl (C=O) groups is 3. The normalized spacial score (nSPS) is 12.8. The lowest BCUT2D eigenvalue weighted by Gasteiger charge is -2.18. The van der Waals surface area contributed by atoms with Crippen LogP contribution in [0.3, 0.4) is 0 Å². The van der Waals surface area contributed by atoms with Gasteiger partial charge in [-0.1, -0.05) is 183 Å². The van der Waals surface area contributed by atoms with Crippen LogP contribution in [0.15, 0.2) is 85.1 Å². The van der Waals surface area contributed by atoms with Crippen LogP contribution in [-0.4, -0.2) is 37.2 Å². The van der Waals surface area contributed by atoms with Crippen LogP contribution in [0, 0.1) is 0 Å². The molecule has 0 aromatic heterocycles. The lowest BCUT2D eigenvalue weighted by atomic mass is 10.1. The first-order valence-electron chi connectivity index (χ1n) is 25.1. The lowest BCUT2D eigenvalue weighted by Crippen LogP contribution is -2.30. The molecule has 0 amide bonds. The van der Waals surface area contributed by atoms with Crippen LogP contribution in [0.5, 0.6) is 0 Å². The Hall–Kier alpha value is -3.41. The van der Waals surface area contributed by atoms with Crippen molar-refractivity contribution in [2.75, 3.05) is 13.2 Å². The summed E-state index contributed by atoms with van der Waals surface area (Å²) in [5.41, 5.74) is 0. The van der Waals surface area contributed by atoms with E-state index in [1.807, 2.05) is 0 Å². The maximum atomic E-state index is 12.8. The van der Waals surface area contributed by atoms with E-state index in [-0.39, 0.29) is 31.1 Å². The summed E-state index contributed by atoms with van der Waals surface area (Å²) in [6.45, 7) is 6.33. The number of allylic oxidation sites excluding steroid dienone is 14. The van der Waals surface area contributed by atoms with E-state index in [1.54, 1.807) is 0 Å². The number of carbonyl (C=O) groups excluding carboxylic acids is 3. The number of unbranched alkanes of at least 4 members (excludes halogenated alkanes) is 19. The van der Waals surface area contributed by atoms with E-state index in [0.717, 1.165) is 109 Å². The van der Waals surface area contributed by atoms with E-state index >= 15 is 0 Å². The Bertz CT molecular complexity index is 1200. The highest BCUT2D eigenvalue weighted by atomic mass is 16.6. The monoisotopic (exact) mass is 849 g/mol. The fourth-order valence-corrected chi connectivity index (χ4v) is 6.64. The minimum absolute atomic E-state index is 0.0968. The zero-order chi connectivity index (χ0) is 44.4. The van der Waals surface area contributed by atoms with Crippen LogP contribution in [0.1, 0.15) is 226 Å². The minimum atomic E-state index is -0.796. The molecule has 1 atom stereocenters. The van der Waals surface area contributed by atoms with Gasteiger partial charge >= 0.3 is 17.9 Å². The summed E-state index contributed by atoms with van der Waals surface area (Å²) in [6.07, 6.45) is 62.9. The van der Waals surface area contributed by atoms with Gasteiger partial charge in [0.25, 0.3) is 0 Å². The molecule has 0 spiro atoms. The number of rotatable bonds is 44. The largest absolute Gasteiger partial charge is 0.462 e. The molecule has 0 aliphatic rings. The molecule has 0 heterocycles. The van der Waals surface area contributed by atoms with E-state index in [0.29, 0.717) is 19.3 Å². The van der Waals surface area contributed by atoms with E-state index in [4.69, 9.17) is 14.2 Å². The second kappa shape index (κ2) is 49.2. The van der Waals surface area contributed by atoms with Crippen molar-refractivity contribution < 1.29 is 28.6 Å². The van der Waals surface area contributed by atoms with E-state index in [9.17, 15) is 14.4 Å². The average Bonchev–Trinajstić information content (AvgIpc) is 3.26. The van der Waals surface area contributed by atoms with Crippen LogP contribution >= 0.6 is 0 Å². The first kappa shape index (κ1) is 57.6. The second-order valence-corrected chi connectivity index (χ2v) is 16.3. The highest BCUT2D eigenvalue weighted by Crippen LogP contribution is 2.14. The summed E-state index contributed by atoms with van der Waals surface area (Å²) >= 11 is 0. The van der Waals surface area contributed by atoms with Gasteiger partial charge in [-0.05, 0) is 109 Å². The second-order valence-electron chi connectivity index (χ2n) is 16.3. The number of ether oxygens (including phenoxy) is 3. The molecule has 0 aliphatic carbocycles. The smallest absolute Gasteiger partial charge is 0.306 e. The van der Waals surface area contributed by atoms with Gasteiger partial charge in [0.1, 0.15) is 13.2 Å². The van der Waals surface area contributed by atoms with Crippen molar-refractivity contribution in [1.82, 2.24) is 0 Å². The van der Waals surface area contributed by atoms with Gasteiger partial charge in [-0.3, -0.25) is 14.4 Å². The summed E-state index contributed by atoms with van der Waals surface area (Å²) < 4.78 is 16.7. The fourth-order valence-electron chi connectivity index (χ4n) is 6.64. The SMILES string of the molecule is CC/C=C\C/C=C\C/C=C\C/C=C\CCCCCCCCC(=O)OCC(COC(=O)CCCC/C=C\C/C=C\CC)OC(=O)CCCCCCCCC/C=C\CCCCCC. The van der Waals surface area contributed by atoms with Crippen molar-refractivity contribution in [3.05, 3.63) is 85.1 Å². The average molecular weight is 849 g/mol. The molecule has 0 aliphatic heterocycles. The van der Waals surface area contributed by atoms with Gasteiger partial charge in [-0.25, -0.2) is 0 Å². The summed E-state index contributed by atoms with van der Waals surface area (Å²) in [7, 11) is 0. The van der Waals surface area contributed by atoms with Gasteiger partial charge < -0.3 is 14.2 Å². The maximum Gasteiger partial charge on any atom is 0.306 e. The number of hydrogen-bond donors (Lipinski definition) is 0. The van der Waals surface area contributed by atoms with Gasteiger partial charge in [0.15, 0.2) is 6.10 Å². The molecule has 61 heavy (non-hydrogen) atoms. The summed E-state index contributed by atoms with van der Waals surface area (Å²) in [5.74, 6) is -0.955. The van der Waals surface area contributed by atoms with Crippen LogP contribution in [0.2, 0.25) is 0 Å². The standard InChI is InChI=1S/C55H92O6/c1-4-7-10-13-16-19-21-23-25-26-27-28-30-31-33-36-39-42-45-48-54(57)60-51-52(50-59-53(56)47-44-41-38-35-18-15-12-9-6-3)61-55(58)49-46-43-40-37-34-32-29-24-22-20-17-14-11-8-5-2/h7,9-10,12,16,18-20,22-23,25,27-28,35,52H,4-6,8,11,13-15,17,21,24,26,29-34,36-51H2,1-3H3/b10-7-,12-9-,19-16-,22-20-,25-23-,28-27-,35-18-. The van der Waals surface area contributed by atoms with Crippen molar-refractivity contribution in [3.63, 3.8) is 0 Å². The lowest BCUT2D eigenvalue weighted by molar-refractivity contribution is -0.167. The fraction of sp³-hybridized carbons (Fsp3) is 0.691. The van der Waals surface area contributed by atoms with Crippen molar-refractivity contribution in [3.8, 4) is 0 Å². The highest BCUT2D eigenvalue weighted by Gasteiger charge is 2.19. The number of hydrogen-bond acceptors (Lipinski definition) is 6. The van der Waals surface area contributed by atoms with Crippen LogP contribution in [-0.2, 0) is 28.6 Å². The van der Waals surface area contributed by atoms with Crippen molar-refractivity contribution in [2.45, 2.75) is 232 Å². The van der Waals surface area contributed by atoms with E-state index < -0.39 is 6.10 Å². The quantitative estimate of drug-likeness (QED) is 0.0263. The van der Waals surface area contributed by atoms with Crippen molar-refractivity contribution >= 4 is 17.9 Å². The van der Waals surface area contributed by atoms with Crippen LogP contribution < -0.4 is 0 Å². The molecule has 0 saturated carbocycles. The molecule has 348 valence electrons. The molecular weight excluding hydrogens is 757 g/mol. The van der Waals surface area contributed by atoms with Crippen molar-refractivity contribution in [1.29, 1.82) is 0 Å². The van der Waals surface area contributed by atoms with E-state index in [1.165, 1.54) is 77.0 Å². The van der Waals surface area contributed by atoms with E-state index in [2.05, 4.69) is 106 Å². The predicted octanol–water partition coefficient (Wildman–Crippen LogP) is 16.4. The Kier molecular flexibility index (Phi) is 46.5. The molecule has 0 saturated heterocycles.